The molecule has 0 saturated carbocycles. The zero-order valence-corrected chi connectivity index (χ0v) is 18.8. The van der Waals surface area contributed by atoms with Gasteiger partial charge in [-0.2, -0.15) is 0 Å². The van der Waals surface area contributed by atoms with Crippen molar-refractivity contribution in [2.45, 2.75) is 11.8 Å². The molecule has 0 atom stereocenters. The molecule has 0 bridgehead atoms. The monoisotopic (exact) mass is 463 g/mol. The third-order valence-electron chi connectivity index (χ3n) is 5.30. The summed E-state index contributed by atoms with van der Waals surface area (Å²) in [5.41, 5.74) is 3.32. The smallest absolute Gasteiger partial charge is 0.265 e. The maximum atomic E-state index is 13.4. The summed E-state index contributed by atoms with van der Waals surface area (Å²) in [6, 6.07) is 21.4. The van der Waals surface area contributed by atoms with E-state index in [4.69, 9.17) is 11.6 Å². The lowest BCUT2D eigenvalue weighted by Crippen LogP contribution is -2.28. The molecule has 3 aromatic carbocycles. The van der Waals surface area contributed by atoms with Crippen LogP contribution in [0.4, 0.5) is 5.82 Å². The molecule has 0 spiro atoms. The van der Waals surface area contributed by atoms with Crippen LogP contribution in [0.3, 0.4) is 0 Å². The molecule has 0 N–H and O–H groups in total. The first kappa shape index (κ1) is 20.4. The molecule has 0 amide bonds. The van der Waals surface area contributed by atoms with Crippen LogP contribution < -0.4 is 4.31 Å². The van der Waals surface area contributed by atoms with E-state index in [2.05, 4.69) is 15.2 Å². The normalized spacial score (nSPS) is 11.8. The number of aromatic nitrogens is 4. The van der Waals surface area contributed by atoms with Crippen molar-refractivity contribution in [3.63, 3.8) is 0 Å². The highest BCUT2D eigenvalue weighted by molar-refractivity contribution is 7.92. The lowest BCUT2D eigenvalue weighted by molar-refractivity contribution is 0.594. The number of anilines is 1. The average Bonchev–Trinajstić information content (AvgIpc) is 3.24. The third kappa shape index (κ3) is 3.19. The first-order valence-electron chi connectivity index (χ1n) is 9.82. The lowest BCUT2D eigenvalue weighted by Gasteiger charge is -2.20. The SMILES string of the molecule is Cc1ccc(S(=O)(=O)N(C)c2nc3ccccc3n3c(-c4ccccc4Cl)nnc23)cc1. The van der Waals surface area contributed by atoms with Gasteiger partial charge in [-0.05, 0) is 43.3 Å². The molecule has 5 aromatic rings. The third-order valence-corrected chi connectivity index (χ3v) is 7.40. The number of rotatable bonds is 4. The maximum absolute atomic E-state index is 13.4. The predicted octanol–water partition coefficient (Wildman–Crippen LogP) is 4.73. The minimum absolute atomic E-state index is 0.171. The second kappa shape index (κ2) is 7.58. The molecule has 160 valence electrons. The number of sulfonamides is 1. The van der Waals surface area contributed by atoms with Crippen molar-refractivity contribution in [1.29, 1.82) is 0 Å². The average molecular weight is 464 g/mol. The fourth-order valence-corrected chi connectivity index (χ4v) is 4.95. The number of fused-ring (bicyclic) bond motifs is 3. The van der Waals surface area contributed by atoms with E-state index in [1.165, 1.54) is 7.05 Å². The van der Waals surface area contributed by atoms with Crippen molar-refractivity contribution in [2.24, 2.45) is 0 Å². The zero-order valence-electron chi connectivity index (χ0n) is 17.3. The molecule has 0 fully saturated rings. The summed E-state index contributed by atoms with van der Waals surface area (Å²) in [4.78, 5) is 4.80. The summed E-state index contributed by atoms with van der Waals surface area (Å²) < 4.78 is 29.7. The van der Waals surface area contributed by atoms with E-state index in [0.717, 1.165) is 15.4 Å². The highest BCUT2D eigenvalue weighted by atomic mass is 35.5. The van der Waals surface area contributed by atoms with E-state index in [0.29, 0.717) is 27.6 Å². The quantitative estimate of drug-likeness (QED) is 0.385. The van der Waals surface area contributed by atoms with Crippen LogP contribution in [0, 0.1) is 6.92 Å². The maximum Gasteiger partial charge on any atom is 0.265 e. The molecule has 0 aliphatic carbocycles. The Hall–Kier alpha value is -3.49. The lowest BCUT2D eigenvalue weighted by atomic mass is 10.2. The standard InChI is InChI=1S/C23H18ClN5O2S/c1-15-11-13-16(14-12-15)32(30,31)28(2)22-23-27-26-21(17-7-3-4-8-18(17)24)29(23)20-10-6-5-9-19(20)25-22/h3-14H,1-2H3. The zero-order chi connectivity index (χ0) is 22.5. The summed E-state index contributed by atoms with van der Waals surface area (Å²) >= 11 is 6.43. The minimum atomic E-state index is -3.87. The second-order valence-corrected chi connectivity index (χ2v) is 9.75. The number of benzene rings is 3. The van der Waals surface area contributed by atoms with Crippen LogP contribution in [-0.2, 0) is 10.0 Å². The first-order valence-corrected chi connectivity index (χ1v) is 11.6. The Balaban J connectivity index is 1.79. The van der Waals surface area contributed by atoms with Crippen LogP contribution in [0.15, 0.2) is 77.7 Å². The predicted molar refractivity (Wildman–Crippen MR) is 126 cm³/mol. The van der Waals surface area contributed by atoms with Crippen molar-refractivity contribution in [3.05, 3.63) is 83.4 Å². The van der Waals surface area contributed by atoms with Crippen LogP contribution in [0.1, 0.15) is 5.56 Å². The van der Waals surface area contributed by atoms with Gasteiger partial charge in [-0.25, -0.2) is 17.7 Å². The fraction of sp³-hybridized carbons (Fsp3) is 0.0870. The Kier molecular flexibility index (Phi) is 4.83. The minimum Gasteiger partial charge on any atom is -0.270 e. The van der Waals surface area contributed by atoms with Crippen LogP contribution in [0.2, 0.25) is 5.02 Å². The van der Waals surface area contributed by atoms with Gasteiger partial charge in [0.15, 0.2) is 11.6 Å². The molecule has 7 nitrogen and oxygen atoms in total. The van der Waals surface area contributed by atoms with Gasteiger partial charge in [-0.3, -0.25) is 4.40 Å². The second-order valence-electron chi connectivity index (χ2n) is 7.37. The molecule has 0 unspecified atom stereocenters. The number of hydrogen-bond donors (Lipinski definition) is 0. The number of nitrogens with zero attached hydrogens (tertiary/aromatic N) is 5. The van der Waals surface area contributed by atoms with E-state index in [1.54, 1.807) is 34.7 Å². The van der Waals surface area contributed by atoms with Crippen LogP contribution in [-0.4, -0.2) is 35.0 Å². The highest BCUT2D eigenvalue weighted by Gasteiger charge is 2.27. The van der Waals surface area contributed by atoms with Gasteiger partial charge in [-0.15, -0.1) is 10.2 Å². The molecule has 0 aliphatic rings. The summed E-state index contributed by atoms with van der Waals surface area (Å²) in [5.74, 6) is 0.682. The van der Waals surface area contributed by atoms with Gasteiger partial charge < -0.3 is 0 Å². The van der Waals surface area contributed by atoms with Crippen molar-refractivity contribution >= 4 is 44.1 Å². The summed E-state index contributed by atoms with van der Waals surface area (Å²) in [5, 5.41) is 9.19. The highest BCUT2D eigenvalue weighted by Crippen LogP contribution is 2.32. The molecule has 0 saturated heterocycles. The number of hydrogen-bond acceptors (Lipinski definition) is 5. The van der Waals surface area contributed by atoms with Crippen molar-refractivity contribution in [1.82, 2.24) is 19.6 Å². The molecular formula is C23H18ClN5O2S. The number of halogens is 1. The van der Waals surface area contributed by atoms with Gasteiger partial charge >= 0.3 is 0 Å². The van der Waals surface area contributed by atoms with Crippen molar-refractivity contribution < 1.29 is 8.42 Å². The molecule has 5 rings (SSSR count). The van der Waals surface area contributed by atoms with Gasteiger partial charge in [0.2, 0.25) is 5.65 Å². The van der Waals surface area contributed by atoms with E-state index in [1.807, 2.05) is 49.4 Å². The molecular weight excluding hydrogens is 446 g/mol. The van der Waals surface area contributed by atoms with E-state index < -0.39 is 10.0 Å². The van der Waals surface area contributed by atoms with Crippen molar-refractivity contribution in [2.75, 3.05) is 11.4 Å². The topological polar surface area (TPSA) is 80.5 Å². The van der Waals surface area contributed by atoms with Gasteiger partial charge in [0.05, 0.1) is 21.0 Å². The van der Waals surface area contributed by atoms with Gasteiger partial charge in [-0.1, -0.05) is 53.6 Å². The van der Waals surface area contributed by atoms with E-state index >= 15 is 0 Å². The molecule has 2 heterocycles. The van der Waals surface area contributed by atoms with Crippen LogP contribution in [0.5, 0.6) is 0 Å². The largest absolute Gasteiger partial charge is 0.270 e. The molecule has 9 heteroatoms. The van der Waals surface area contributed by atoms with Crippen LogP contribution >= 0.6 is 11.6 Å². The summed E-state index contributed by atoms with van der Waals surface area (Å²) in [6.45, 7) is 1.90. The molecule has 0 aliphatic heterocycles. The first-order chi connectivity index (χ1) is 15.4. The van der Waals surface area contributed by atoms with Gasteiger partial charge in [0, 0.05) is 12.6 Å². The Labute approximate surface area is 190 Å². The summed E-state index contributed by atoms with van der Waals surface area (Å²) in [6.07, 6.45) is 0. The Morgan fingerprint density at radius 1 is 0.906 bits per heavy atom. The van der Waals surface area contributed by atoms with Crippen LogP contribution in [0.25, 0.3) is 28.1 Å². The number of para-hydroxylation sites is 2. The number of aryl methyl sites for hydroxylation is 1. The Bertz CT molecular complexity index is 1580. The fourth-order valence-electron chi connectivity index (χ4n) is 3.58. The van der Waals surface area contributed by atoms with E-state index in [9.17, 15) is 8.42 Å². The molecule has 2 aromatic heterocycles. The Morgan fingerprint density at radius 2 is 1.59 bits per heavy atom. The Morgan fingerprint density at radius 3 is 2.34 bits per heavy atom. The van der Waals surface area contributed by atoms with Crippen molar-refractivity contribution in [3.8, 4) is 11.4 Å². The van der Waals surface area contributed by atoms with E-state index in [-0.39, 0.29) is 10.7 Å². The van der Waals surface area contributed by atoms with Gasteiger partial charge in [0.1, 0.15) is 0 Å². The summed E-state index contributed by atoms with van der Waals surface area (Å²) in [7, 11) is -2.40. The molecule has 32 heavy (non-hydrogen) atoms. The van der Waals surface area contributed by atoms with Gasteiger partial charge in [0.25, 0.3) is 10.0 Å². The molecule has 0 radical (unpaired) electrons.